The predicted octanol–water partition coefficient (Wildman–Crippen LogP) is 7.02. The number of para-hydroxylation sites is 1. The minimum absolute atomic E-state index is 0.0711. The van der Waals surface area contributed by atoms with Gasteiger partial charge in [-0.15, -0.1) is 0 Å². The molecule has 1 spiro atoms. The number of sulfonamides is 1. The molecule has 1 saturated carbocycles. The Bertz CT molecular complexity index is 2000. The van der Waals surface area contributed by atoms with Crippen molar-refractivity contribution in [3.63, 3.8) is 0 Å². The molecular weight excluding hydrogens is 707 g/mol. The van der Waals surface area contributed by atoms with E-state index < -0.39 is 31.4 Å². The van der Waals surface area contributed by atoms with E-state index in [1.807, 2.05) is 12.1 Å². The number of hydrogen-bond donors (Lipinski definition) is 2. The van der Waals surface area contributed by atoms with E-state index in [1.165, 1.54) is 42.9 Å². The van der Waals surface area contributed by atoms with Crippen LogP contribution in [0.4, 0.5) is 17.1 Å². The molecule has 1 aliphatic carbocycles. The first-order valence-corrected chi connectivity index (χ1v) is 21.1. The van der Waals surface area contributed by atoms with Gasteiger partial charge in [0.15, 0.2) is 11.4 Å². The molecule has 13 heteroatoms. The normalized spacial score (nSPS) is 23.4. The van der Waals surface area contributed by atoms with Crippen molar-refractivity contribution in [2.24, 2.45) is 11.3 Å². The van der Waals surface area contributed by atoms with Gasteiger partial charge in [-0.2, -0.15) is 0 Å². The van der Waals surface area contributed by atoms with Gasteiger partial charge in [0.1, 0.15) is 6.61 Å². The smallest absolute Gasteiger partial charge is 0.297 e. The second-order valence-corrected chi connectivity index (χ2v) is 17.9. The molecule has 4 heterocycles. The fourth-order valence-corrected chi connectivity index (χ4v) is 10.8. The van der Waals surface area contributed by atoms with Gasteiger partial charge in [0.05, 0.1) is 21.4 Å². The Labute approximate surface area is 317 Å². The van der Waals surface area contributed by atoms with Crippen LogP contribution in [-0.4, -0.2) is 75.7 Å². The van der Waals surface area contributed by atoms with Crippen molar-refractivity contribution in [2.45, 2.75) is 94.2 Å². The summed E-state index contributed by atoms with van der Waals surface area (Å²) in [7, 11) is -4.49. The summed E-state index contributed by atoms with van der Waals surface area (Å²) < 4.78 is 40.9. The molecule has 288 valence electrons. The van der Waals surface area contributed by atoms with Crippen molar-refractivity contribution in [2.75, 3.05) is 49.7 Å². The van der Waals surface area contributed by atoms with Gasteiger partial charge in [0.2, 0.25) is 0 Å². The van der Waals surface area contributed by atoms with E-state index in [4.69, 9.17) is 9.47 Å². The Hall–Kier alpha value is -4.20. The van der Waals surface area contributed by atoms with Crippen LogP contribution in [0.5, 0.6) is 5.75 Å². The molecule has 5 aliphatic rings. The second-order valence-electron chi connectivity index (χ2n) is 16.3. The van der Waals surface area contributed by atoms with E-state index in [0.29, 0.717) is 36.9 Å². The summed E-state index contributed by atoms with van der Waals surface area (Å²) in [5.41, 5.74) is 3.90. The van der Waals surface area contributed by atoms with Crippen molar-refractivity contribution in [3.05, 3.63) is 87.5 Å². The molecule has 12 nitrogen and oxygen atoms in total. The number of piperidine rings is 1. The van der Waals surface area contributed by atoms with Gasteiger partial charge in [-0.25, -0.2) is 13.1 Å². The SMILES string of the molecule is CC(C)c1ccccc1[C@@H]1CCCN1C1CC2(CCN(c3ccccc3C(=O)NS(=O)(=O)c3cc4c(c([N+](=O)[O-])c3)NC(C3CCOCC3)CO4)CC2)C1. The van der Waals surface area contributed by atoms with Gasteiger partial charge in [0.25, 0.3) is 21.6 Å². The Balaban J connectivity index is 0.925. The summed E-state index contributed by atoms with van der Waals surface area (Å²) in [6.07, 6.45) is 8.44. The van der Waals surface area contributed by atoms with Crippen LogP contribution in [-0.2, 0) is 14.8 Å². The fraction of sp³-hybridized carbons (Fsp3) is 0.537. The maximum absolute atomic E-state index is 13.7. The van der Waals surface area contributed by atoms with Gasteiger partial charge in [-0.1, -0.05) is 50.2 Å². The zero-order chi connectivity index (χ0) is 37.6. The van der Waals surface area contributed by atoms with E-state index >= 15 is 0 Å². The van der Waals surface area contributed by atoms with Crippen LogP contribution >= 0.6 is 0 Å². The summed E-state index contributed by atoms with van der Waals surface area (Å²) in [6, 6.07) is 19.2. The molecule has 2 atom stereocenters. The van der Waals surface area contributed by atoms with Crippen LogP contribution in [0, 0.1) is 21.4 Å². The molecule has 0 bridgehead atoms. The number of carbonyl (C=O) groups is 1. The number of nitro benzene ring substituents is 1. The molecule has 4 fully saturated rings. The highest BCUT2D eigenvalue weighted by Gasteiger charge is 2.50. The lowest BCUT2D eigenvalue weighted by Crippen LogP contribution is -2.55. The third kappa shape index (κ3) is 7.06. The van der Waals surface area contributed by atoms with Crippen LogP contribution in [0.1, 0.15) is 98.7 Å². The summed E-state index contributed by atoms with van der Waals surface area (Å²) in [5.74, 6) is 0.00191. The molecule has 8 rings (SSSR count). The lowest BCUT2D eigenvalue weighted by atomic mass is 9.59. The number of nitro groups is 1. The lowest BCUT2D eigenvalue weighted by molar-refractivity contribution is -0.384. The first-order valence-electron chi connectivity index (χ1n) is 19.6. The molecule has 54 heavy (non-hydrogen) atoms. The largest absolute Gasteiger partial charge is 0.489 e. The Kier molecular flexibility index (Phi) is 10.1. The fourth-order valence-electron chi connectivity index (χ4n) is 9.80. The van der Waals surface area contributed by atoms with Crippen LogP contribution in [0.3, 0.4) is 0 Å². The van der Waals surface area contributed by atoms with Gasteiger partial charge >= 0.3 is 0 Å². The quantitative estimate of drug-likeness (QED) is 0.173. The number of nitrogens with one attached hydrogen (secondary N) is 2. The maximum Gasteiger partial charge on any atom is 0.297 e. The van der Waals surface area contributed by atoms with Crippen LogP contribution in [0.25, 0.3) is 0 Å². The minimum Gasteiger partial charge on any atom is -0.489 e. The topological polar surface area (TPSA) is 143 Å². The van der Waals surface area contributed by atoms with Gasteiger partial charge in [0, 0.05) is 56.2 Å². The first-order chi connectivity index (χ1) is 26.0. The van der Waals surface area contributed by atoms with Crippen LogP contribution in [0.2, 0.25) is 0 Å². The van der Waals surface area contributed by atoms with Gasteiger partial charge in [-0.05, 0) is 98.4 Å². The number of ether oxygens (including phenoxy) is 2. The minimum atomic E-state index is -4.49. The summed E-state index contributed by atoms with van der Waals surface area (Å²) >= 11 is 0. The Morgan fingerprint density at radius 3 is 2.46 bits per heavy atom. The average molecular weight is 758 g/mol. The lowest BCUT2D eigenvalue weighted by Gasteiger charge is -2.56. The van der Waals surface area contributed by atoms with Crippen molar-refractivity contribution >= 4 is 33.0 Å². The zero-order valence-electron chi connectivity index (χ0n) is 31.2. The Morgan fingerprint density at radius 1 is 1.00 bits per heavy atom. The zero-order valence-corrected chi connectivity index (χ0v) is 32.0. The number of carbonyl (C=O) groups excluding carboxylic acids is 1. The van der Waals surface area contributed by atoms with Crippen LogP contribution in [0.15, 0.2) is 65.6 Å². The van der Waals surface area contributed by atoms with Crippen molar-refractivity contribution < 1.29 is 27.6 Å². The van der Waals surface area contributed by atoms with Crippen molar-refractivity contribution in [3.8, 4) is 5.75 Å². The maximum atomic E-state index is 13.7. The molecular formula is C41H51N5O7S. The highest BCUT2D eigenvalue weighted by atomic mass is 32.2. The molecule has 3 saturated heterocycles. The molecule has 0 radical (unpaired) electrons. The Morgan fingerprint density at radius 2 is 1.72 bits per heavy atom. The number of likely N-dealkylation sites (tertiary alicyclic amines) is 1. The van der Waals surface area contributed by atoms with E-state index in [0.717, 1.165) is 51.4 Å². The average Bonchev–Trinajstić information content (AvgIpc) is 3.66. The number of rotatable bonds is 9. The summed E-state index contributed by atoms with van der Waals surface area (Å²) in [4.78, 5) is 29.8. The van der Waals surface area contributed by atoms with Crippen molar-refractivity contribution in [1.29, 1.82) is 0 Å². The highest BCUT2D eigenvalue weighted by Crippen LogP contribution is 2.54. The third-order valence-corrected chi connectivity index (χ3v) is 14.1. The molecule has 1 amide bonds. The van der Waals surface area contributed by atoms with Crippen molar-refractivity contribution in [1.82, 2.24) is 9.62 Å². The number of amides is 1. The summed E-state index contributed by atoms with van der Waals surface area (Å²) in [5, 5.41) is 15.4. The van der Waals surface area contributed by atoms with E-state index in [-0.39, 0.29) is 41.0 Å². The van der Waals surface area contributed by atoms with Crippen LogP contribution < -0.4 is 19.7 Å². The molecule has 0 aromatic heterocycles. The monoisotopic (exact) mass is 757 g/mol. The number of hydrogen-bond acceptors (Lipinski definition) is 10. The number of fused-ring (bicyclic) bond motifs is 1. The highest BCUT2D eigenvalue weighted by molar-refractivity contribution is 7.90. The molecule has 3 aromatic rings. The number of benzene rings is 3. The standard InChI is InChI=1S/C41H51N5O7S/c1-27(2)31-8-3-4-9-32(31)36-12-7-17-45(36)29-24-41(25-29)15-18-44(19-16-41)35-11-6-5-10-33(35)40(47)43-54(50,51)30-22-37(46(48)49)39-38(23-30)53-26-34(42-39)28-13-20-52-21-14-28/h3-6,8-11,22-23,27-29,34,36,42H,7,12-21,24-26H2,1-2H3,(H,43,47)/t34?,36-/m0/s1. The molecule has 2 N–H and O–H groups in total. The number of nitrogens with zero attached hydrogens (tertiary/aromatic N) is 3. The van der Waals surface area contributed by atoms with E-state index in [2.05, 4.69) is 58.0 Å². The van der Waals surface area contributed by atoms with Gasteiger partial charge < -0.3 is 19.7 Å². The molecule has 3 aromatic carbocycles. The third-order valence-electron chi connectivity index (χ3n) is 12.8. The first kappa shape index (κ1) is 36.8. The van der Waals surface area contributed by atoms with E-state index in [9.17, 15) is 23.3 Å². The summed E-state index contributed by atoms with van der Waals surface area (Å²) in [6.45, 7) is 8.74. The number of anilines is 2. The predicted molar refractivity (Wildman–Crippen MR) is 207 cm³/mol. The van der Waals surface area contributed by atoms with E-state index in [1.54, 1.807) is 12.1 Å². The van der Waals surface area contributed by atoms with Gasteiger partial charge in [-0.3, -0.25) is 19.8 Å². The molecule has 4 aliphatic heterocycles. The second kappa shape index (κ2) is 14.8. The molecule has 1 unspecified atom stereocenters.